The molecule has 0 radical (unpaired) electrons. The van der Waals surface area contributed by atoms with Crippen LogP contribution in [0.25, 0.3) is 10.8 Å². The summed E-state index contributed by atoms with van der Waals surface area (Å²) in [7, 11) is -3.15. The van der Waals surface area contributed by atoms with E-state index < -0.39 is 10.0 Å². The third-order valence-corrected chi connectivity index (χ3v) is 6.37. The van der Waals surface area contributed by atoms with E-state index in [0.29, 0.717) is 24.9 Å². The van der Waals surface area contributed by atoms with Crippen molar-refractivity contribution in [2.45, 2.75) is 25.7 Å². The molecule has 6 nitrogen and oxygen atoms in total. The number of piperidine rings is 1. The van der Waals surface area contributed by atoms with Crippen molar-refractivity contribution in [3.8, 4) is 10.8 Å². The van der Waals surface area contributed by atoms with Gasteiger partial charge in [0.2, 0.25) is 15.9 Å². The average Bonchev–Trinajstić information content (AvgIpc) is 3.18. The summed E-state index contributed by atoms with van der Waals surface area (Å²) in [4.78, 5) is 0.933. The lowest BCUT2D eigenvalue weighted by atomic mass is 10.00. The monoisotopic (exact) mass is 327 g/mol. The van der Waals surface area contributed by atoms with Crippen molar-refractivity contribution < 1.29 is 12.8 Å². The molecular formula is C13H17N3O3S2. The second kappa shape index (κ2) is 5.86. The molecule has 0 aromatic carbocycles. The highest BCUT2D eigenvalue weighted by atomic mass is 32.2. The standard InChI is InChI=1S/C13H17N3O3S2/c1-2-21(17,18)16-7-3-5-10(9-16)12-14-15-13(19-12)11-6-4-8-20-11/h4,6,8,10H,2-3,5,7,9H2,1H3/t10-/m1/s1. The van der Waals surface area contributed by atoms with Gasteiger partial charge in [0.25, 0.3) is 5.89 Å². The third-order valence-electron chi connectivity index (χ3n) is 3.66. The first-order chi connectivity index (χ1) is 10.1. The average molecular weight is 327 g/mol. The van der Waals surface area contributed by atoms with Crippen LogP contribution in [-0.4, -0.2) is 41.8 Å². The molecule has 2 aromatic rings. The molecule has 3 rings (SSSR count). The van der Waals surface area contributed by atoms with Gasteiger partial charge in [-0.05, 0) is 31.2 Å². The van der Waals surface area contributed by atoms with Gasteiger partial charge in [0.1, 0.15) is 0 Å². The number of sulfonamides is 1. The summed E-state index contributed by atoms with van der Waals surface area (Å²) in [6.07, 6.45) is 1.70. The summed E-state index contributed by atoms with van der Waals surface area (Å²) in [5, 5.41) is 10.1. The molecule has 0 N–H and O–H groups in total. The molecule has 114 valence electrons. The van der Waals surface area contributed by atoms with Gasteiger partial charge < -0.3 is 4.42 Å². The van der Waals surface area contributed by atoms with Crippen molar-refractivity contribution in [3.05, 3.63) is 23.4 Å². The van der Waals surface area contributed by atoms with Crippen LogP contribution in [-0.2, 0) is 10.0 Å². The van der Waals surface area contributed by atoms with Crippen molar-refractivity contribution in [1.82, 2.24) is 14.5 Å². The maximum absolute atomic E-state index is 12.0. The van der Waals surface area contributed by atoms with Gasteiger partial charge in [-0.1, -0.05) is 6.07 Å². The third kappa shape index (κ3) is 3.02. The van der Waals surface area contributed by atoms with E-state index in [1.54, 1.807) is 18.3 Å². The van der Waals surface area contributed by atoms with Crippen LogP contribution >= 0.6 is 11.3 Å². The van der Waals surface area contributed by atoms with Crippen LogP contribution in [0.5, 0.6) is 0 Å². The minimum Gasteiger partial charge on any atom is -0.420 e. The van der Waals surface area contributed by atoms with Gasteiger partial charge in [-0.2, -0.15) is 0 Å². The Bertz CT molecular complexity index is 694. The second-order valence-electron chi connectivity index (χ2n) is 5.02. The van der Waals surface area contributed by atoms with Crippen LogP contribution in [0, 0.1) is 0 Å². The highest BCUT2D eigenvalue weighted by Crippen LogP contribution is 2.30. The summed E-state index contributed by atoms with van der Waals surface area (Å²) in [5.74, 6) is 1.16. The predicted molar refractivity (Wildman–Crippen MR) is 80.6 cm³/mol. The molecule has 1 fully saturated rings. The maximum atomic E-state index is 12.0. The van der Waals surface area contributed by atoms with Crippen molar-refractivity contribution in [3.63, 3.8) is 0 Å². The van der Waals surface area contributed by atoms with E-state index in [0.717, 1.165) is 17.7 Å². The van der Waals surface area contributed by atoms with Gasteiger partial charge >= 0.3 is 0 Å². The Morgan fingerprint density at radius 2 is 2.33 bits per heavy atom. The van der Waals surface area contributed by atoms with Gasteiger partial charge in [-0.3, -0.25) is 0 Å². The summed E-state index contributed by atoms with van der Waals surface area (Å²) in [5.41, 5.74) is 0. The van der Waals surface area contributed by atoms with Crippen LogP contribution in [0.4, 0.5) is 0 Å². The summed E-state index contributed by atoms with van der Waals surface area (Å²) < 4.78 is 31.2. The second-order valence-corrected chi connectivity index (χ2v) is 8.23. The fraction of sp³-hybridized carbons (Fsp3) is 0.538. The van der Waals surface area contributed by atoms with Crippen LogP contribution < -0.4 is 0 Å². The van der Waals surface area contributed by atoms with E-state index in [4.69, 9.17) is 4.42 Å². The van der Waals surface area contributed by atoms with Gasteiger partial charge in [0.05, 0.1) is 16.5 Å². The number of hydrogen-bond donors (Lipinski definition) is 0. The Hall–Kier alpha value is -1.25. The van der Waals surface area contributed by atoms with E-state index in [9.17, 15) is 8.42 Å². The van der Waals surface area contributed by atoms with E-state index in [2.05, 4.69) is 10.2 Å². The molecule has 0 spiro atoms. The Morgan fingerprint density at radius 3 is 3.05 bits per heavy atom. The molecular weight excluding hydrogens is 310 g/mol. The summed E-state index contributed by atoms with van der Waals surface area (Å²) in [6.45, 7) is 2.68. The zero-order valence-electron chi connectivity index (χ0n) is 11.7. The van der Waals surface area contributed by atoms with Crippen LogP contribution in [0.2, 0.25) is 0 Å². The molecule has 8 heteroatoms. The molecule has 1 atom stereocenters. The van der Waals surface area contributed by atoms with Gasteiger partial charge in [-0.25, -0.2) is 12.7 Å². The first-order valence-electron chi connectivity index (χ1n) is 6.95. The van der Waals surface area contributed by atoms with Gasteiger partial charge in [0, 0.05) is 13.1 Å². The fourth-order valence-electron chi connectivity index (χ4n) is 2.48. The van der Waals surface area contributed by atoms with Crippen LogP contribution in [0.15, 0.2) is 21.9 Å². The Kier molecular flexibility index (Phi) is 4.10. The molecule has 1 aliphatic heterocycles. The first kappa shape index (κ1) is 14.7. The quantitative estimate of drug-likeness (QED) is 0.861. The number of nitrogens with zero attached hydrogens (tertiary/aromatic N) is 3. The lowest BCUT2D eigenvalue weighted by Crippen LogP contribution is -2.39. The molecule has 0 aliphatic carbocycles. The normalized spacial score (nSPS) is 20.7. The summed E-state index contributed by atoms with van der Waals surface area (Å²) in [6, 6.07) is 3.86. The molecule has 1 aliphatic rings. The SMILES string of the molecule is CCS(=O)(=O)N1CCC[C@@H](c2nnc(-c3cccs3)o2)C1. The lowest BCUT2D eigenvalue weighted by Gasteiger charge is -2.29. The molecule has 0 amide bonds. The Labute approximate surface area is 127 Å². The number of aromatic nitrogens is 2. The van der Waals surface area contributed by atoms with Crippen LogP contribution in [0.3, 0.4) is 0 Å². The minimum absolute atomic E-state index is 0.0127. The van der Waals surface area contributed by atoms with E-state index in [1.165, 1.54) is 4.31 Å². The minimum atomic E-state index is -3.15. The largest absolute Gasteiger partial charge is 0.420 e. The van der Waals surface area contributed by atoms with E-state index in [-0.39, 0.29) is 11.7 Å². The molecule has 2 aromatic heterocycles. The molecule has 1 saturated heterocycles. The topological polar surface area (TPSA) is 76.3 Å². The molecule has 3 heterocycles. The molecule has 21 heavy (non-hydrogen) atoms. The molecule has 0 unspecified atom stereocenters. The summed E-state index contributed by atoms with van der Waals surface area (Å²) >= 11 is 1.54. The lowest BCUT2D eigenvalue weighted by molar-refractivity contribution is 0.286. The zero-order chi connectivity index (χ0) is 14.9. The first-order valence-corrected chi connectivity index (χ1v) is 9.44. The number of thiophene rings is 1. The van der Waals surface area contributed by atoms with E-state index >= 15 is 0 Å². The predicted octanol–water partition coefficient (Wildman–Crippen LogP) is 2.33. The highest BCUT2D eigenvalue weighted by Gasteiger charge is 2.31. The maximum Gasteiger partial charge on any atom is 0.257 e. The van der Waals surface area contributed by atoms with Crippen molar-refractivity contribution in [1.29, 1.82) is 0 Å². The number of rotatable bonds is 4. The Morgan fingerprint density at radius 1 is 1.48 bits per heavy atom. The fourth-order valence-corrected chi connectivity index (χ4v) is 4.30. The van der Waals surface area contributed by atoms with Crippen molar-refractivity contribution in [2.75, 3.05) is 18.8 Å². The zero-order valence-corrected chi connectivity index (χ0v) is 13.4. The van der Waals surface area contributed by atoms with Gasteiger partial charge in [-0.15, -0.1) is 21.5 Å². The van der Waals surface area contributed by atoms with Crippen molar-refractivity contribution >= 4 is 21.4 Å². The van der Waals surface area contributed by atoms with Crippen molar-refractivity contribution in [2.24, 2.45) is 0 Å². The van der Waals surface area contributed by atoms with E-state index in [1.807, 2.05) is 17.5 Å². The number of hydrogen-bond acceptors (Lipinski definition) is 6. The van der Waals surface area contributed by atoms with Gasteiger partial charge in [0.15, 0.2) is 0 Å². The Balaban J connectivity index is 1.78. The molecule has 0 saturated carbocycles. The smallest absolute Gasteiger partial charge is 0.257 e. The molecule has 0 bridgehead atoms. The van der Waals surface area contributed by atoms with Crippen LogP contribution in [0.1, 0.15) is 31.6 Å². The highest BCUT2D eigenvalue weighted by molar-refractivity contribution is 7.89.